The first-order valence-corrected chi connectivity index (χ1v) is 48.4. The van der Waals surface area contributed by atoms with Crippen LogP contribution in [0.5, 0.6) is 0 Å². The van der Waals surface area contributed by atoms with Gasteiger partial charge in [0.2, 0.25) is 0 Å². The molecule has 0 saturated heterocycles. The van der Waals surface area contributed by atoms with Crippen molar-refractivity contribution in [3.63, 3.8) is 0 Å². The van der Waals surface area contributed by atoms with E-state index in [0.717, 1.165) is 186 Å². The van der Waals surface area contributed by atoms with Crippen molar-refractivity contribution in [2.45, 2.75) is 386 Å². The first-order valence-electron chi connectivity index (χ1n) is 45.4. The van der Waals surface area contributed by atoms with Crippen molar-refractivity contribution < 1.29 is 75.8 Å². The molecule has 658 valence electrons. The fourth-order valence-electron chi connectivity index (χ4n) is 12.1. The topological polar surface area (TPSA) is 231 Å². The maximum absolute atomic E-state index is 13.0. The Morgan fingerprint density at radius 3 is 0.730 bits per heavy atom. The van der Waals surface area contributed by atoms with Gasteiger partial charge < -0.3 is 34.2 Å². The second-order valence-corrected chi connectivity index (χ2v) is 32.9. The average molecular weight is 1650 g/mol. The van der Waals surface area contributed by atoms with Crippen LogP contribution in [0.3, 0.4) is 0 Å². The zero-order valence-corrected chi connectivity index (χ0v) is 74.2. The third kappa shape index (κ3) is 89.5. The summed E-state index contributed by atoms with van der Waals surface area (Å²) in [6.45, 7) is 2.43. The second kappa shape index (κ2) is 88.2. The van der Waals surface area contributed by atoms with Crippen LogP contribution in [0.25, 0.3) is 0 Å². The third-order valence-corrected chi connectivity index (χ3v) is 20.8. The lowest BCUT2D eigenvalue weighted by Gasteiger charge is -2.21. The van der Waals surface area contributed by atoms with E-state index in [9.17, 15) is 43.5 Å². The van der Waals surface area contributed by atoms with Crippen molar-refractivity contribution >= 4 is 33.6 Å². The van der Waals surface area contributed by atoms with Gasteiger partial charge in [-0.2, -0.15) is 0 Å². The van der Waals surface area contributed by atoms with E-state index < -0.39 is 91.5 Å². The number of unbranched alkanes of at least 4 members (excludes halogenated alkanes) is 34. The number of esters is 3. The molecule has 0 aliphatic heterocycles. The summed E-state index contributed by atoms with van der Waals surface area (Å²) in [6.07, 6.45) is 114. The Kier molecular flexibility index (Phi) is 84.3. The van der Waals surface area contributed by atoms with Crippen molar-refractivity contribution in [2.24, 2.45) is 0 Å². The molecular weight excluding hydrogens is 1480 g/mol. The van der Waals surface area contributed by atoms with Crippen LogP contribution in [0.2, 0.25) is 0 Å². The van der Waals surface area contributed by atoms with Gasteiger partial charge in [-0.1, -0.05) is 364 Å². The van der Waals surface area contributed by atoms with Crippen molar-refractivity contribution in [1.82, 2.24) is 0 Å². The first kappa shape index (κ1) is 110. The minimum Gasteiger partial charge on any atom is -0.463 e. The van der Waals surface area contributed by atoms with E-state index in [1.807, 2.05) is 0 Å². The molecule has 0 rings (SSSR count). The van der Waals surface area contributed by atoms with Crippen LogP contribution in [0.4, 0.5) is 0 Å². The average Bonchev–Trinajstić information content (AvgIpc) is 0.902. The summed E-state index contributed by atoms with van der Waals surface area (Å²) in [7, 11) is -9.82. The van der Waals surface area contributed by atoms with Gasteiger partial charge in [0.25, 0.3) is 0 Å². The fourth-order valence-corrected chi connectivity index (χ4v) is 13.7. The van der Waals surface area contributed by atoms with Crippen molar-refractivity contribution in [3.8, 4) is 0 Å². The lowest BCUT2D eigenvalue weighted by Crippen LogP contribution is -2.30. The highest BCUT2D eigenvalue weighted by Crippen LogP contribution is 2.45. The highest BCUT2D eigenvalue weighted by Gasteiger charge is 2.29. The van der Waals surface area contributed by atoms with Crippen molar-refractivity contribution in [3.05, 3.63) is 170 Å². The van der Waals surface area contributed by atoms with Gasteiger partial charge in [0, 0.05) is 19.3 Å². The Bertz CT molecular complexity index is 2770. The van der Waals surface area contributed by atoms with Crippen LogP contribution < -0.4 is 0 Å². The molecule has 16 nitrogen and oxygen atoms in total. The molecule has 0 radical (unpaired) electrons. The smallest absolute Gasteiger partial charge is 0.463 e. The van der Waals surface area contributed by atoms with E-state index in [1.165, 1.54) is 122 Å². The number of aliphatic hydroxyl groups is 2. The standard InChI is InChI=1S/C97H164O16P2/c1-4-7-10-13-16-19-22-25-28-31-34-36-38-40-42-43-44-45-46-47-49-51-52-54-57-59-62-65-68-71-74-77-80-83-95(100)107-86-92(98)87-109-114(103,104)110-88-93(99)89-111-115(105,106)112-91-94(113-97(102)85-82-79-76-73-70-67-64-61-56-33-30-27-24-21-18-15-12-9-6-3)90-108-96(101)84-81-78-75-72-69-66-63-60-58-55-53-50-48-41-39-37-35-32-29-26-23-20-17-14-11-8-5-2/h8-9,11-12,16-21,25-30,34-37,40-42,48,53,55-56,61,92-94,98-99H,4-7,10,13-15,22-24,31-33,38-39,43-47,49-52,54,57-60,62-91H2,1-3H3,(H,103,104)(H,105,106)/b11-8-,12-9-,19-16-,20-17-,21-18-,28-25-,29-26-,30-27-,36-34-,37-35-,42-40-,48-41-,55-53-,61-56-. The molecule has 0 aliphatic carbocycles. The summed E-state index contributed by atoms with van der Waals surface area (Å²) >= 11 is 0. The Hall–Kier alpha value is -5.09. The fraction of sp³-hybridized carbons (Fsp3) is 0.680. The van der Waals surface area contributed by atoms with Gasteiger partial charge in [0.05, 0.1) is 26.4 Å². The summed E-state index contributed by atoms with van der Waals surface area (Å²) in [6, 6.07) is 0. The van der Waals surface area contributed by atoms with Crippen LogP contribution in [-0.4, -0.2) is 95.9 Å². The third-order valence-electron chi connectivity index (χ3n) is 18.9. The predicted molar refractivity (Wildman–Crippen MR) is 482 cm³/mol. The SMILES string of the molecule is CC/C=C\C/C=C\C/C=C\C/C=C\C/C=C\C/C=C\CCCCCCCCCCC(=O)OCC(COP(=O)(O)OCC(O)COP(=O)(O)OCC(O)COC(=O)CCCCCCCCCCCCCCCCCCC/C=C\C/C=C\C/C=C\C/C=C\CCCCC)OC(=O)CCCCCCCC/C=C\C/C=C\C/C=C\C/C=C\CC. The second-order valence-electron chi connectivity index (χ2n) is 30.0. The van der Waals surface area contributed by atoms with Gasteiger partial charge in [-0.25, -0.2) is 9.13 Å². The summed E-state index contributed by atoms with van der Waals surface area (Å²) < 4.78 is 61.4. The van der Waals surface area contributed by atoms with Gasteiger partial charge in [0.15, 0.2) is 6.10 Å². The van der Waals surface area contributed by atoms with E-state index in [2.05, 4.69) is 191 Å². The van der Waals surface area contributed by atoms with E-state index >= 15 is 0 Å². The van der Waals surface area contributed by atoms with Crippen LogP contribution in [-0.2, 0) is 55.8 Å². The van der Waals surface area contributed by atoms with E-state index in [-0.39, 0.29) is 19.3 Å². The zero-order chi connectivity index (χ0) is 83.6. The minimum absolute atomic E-state index is 0.0813. The molecule has 115 heavy (non-hydrogen) atoms. The van der Waals surface area contributed by atoms with E-state index in [1.54, 1.807) is 0 Å². The number of phosphoric ester groups is 2. The van der Waals surface area contributed by atoms with Gasteiger partial charge in [-0.05, 0) is 154 Å². The van der Waals surface area contributed by atoms with Crippen LogP contribution >= 0.6 is 15.6 Å². The van der Waals surface area contributed by atoms with Gasteiger partial charge in [0.1, 0.15) is 25.4 Å². The van der Waals surface area contributed by atoms with E-state index in [0.29, 0.717) is 19.3 Å². The minimum atomic E-state index is -4.95. The summed E-state index contributed by atoms with van der Waals surface area (Å²) in [5, 5.41) is 20.7. The van der Waals surface area contributed by atoms with Crippen LogP contribution in [0.1, 0.15) is 367 Å². The molecule has 0 fully saturated rings. The molecule has 0 aromatic carbocycles. The van der Waals surface area contributed by atoms with Crippen LogP contribution in [0.15, 0.2) is 170 Å². The zero-order valence-electron chi connectivity index (χ0n) is 72.4. The molecule has 5 atom stereocenters. The number of allylic oxidation sites excluding steroid dienone is 28. The van der Waals surface area contributed by atoms with Crippen molar-refractivity contribution in [1.29, 1.82) is 0 Å². The number of aliphatic hydroxyl groups excluding tert-OH is 2. The number of rotatable bonds is 85. The largest absolute Gasteiger partial charge is 0.472 e. The molecule has 0 aromatic rings. The number of hydrogen-bond donors (Lipinski definition) is 4. The molecule has 0 heterocycles. The molecule has 5 unspecified atom stereocenters. The number of carbonyl (C=O) groups is 3. The number of carbonyl (C=O) groups excluding carboxylic acids is 3. The lowest BCUT2D eigenvalue weighted by atomic mass is 10.0. The molecular formula is C97H164O16P2. The highest BCUT2D eigenvalue weighted by molar-refractivity contribution is 7.47. The molecule has 0 bridgehead atoms. The quantitative estimate of drug-likeness (QED) is 0.0146. The molecule has 0 amide bonds. The number of ether oxygens (including phenoxy) is 3. The van der Waals surface area contributed by atoms with Gasteiger partial charge >= 0.3 is 33.6 Å². The monoisotopic (exact) mass is 1650 g/mol. The summed E-state index contributed by atoms with van der Waals surface area (Å²) in [5.41, 5.74) is 0. The first-order chi connectivity index (χ1) is 56.2. The van der Waals surface area contributed by atoms with Gasteiger partial charge in [-0.3, -0.25) is 32.5 Å². The molecule has 0 saturated carbocycles. The van der Waals surface area contributed by atoms with Crippen LogP contribution in [0, 0.1) is 0 Å². The molecule has 18 heteroatoms. The molecule has 0 aromatic heterocycles. The Balaban J connectivity index is 4.56. The number of hydrogen-bond acceptors (Lipinski definition) is 14. The highest BCUT2D eigenvalue weighted by atomic mass is 31.2. The lowest BCUT2D eigenvalue weighted by molar-refractivity contribution is -0.161. The Morgan fingerprint density at radius 2 is 0.461 bits per heavy atom. The summed E-state index contributed by atoms with van der Waals surface area (Å²) in [4.78, 5) is 58.9. The summed E-state index contributed by atoms with van der Waals surface area (Å²) in [5.74, 6) is -1.60. The van der Waals surface area contributed by atoms with E-state index in [4.69, 9.17) is 32.3 Å². The number of phosphoric acid groups is 2. The maximum Gasteiger partial charge on any atom is 0.472 e. The van der Waals surface area contributed by atoms with Crippen molar-refractivity contribution in [2.75, 3.05) is 39.6 Å². The Labute approximate surface area is 701 Å². The molecule has 0 spiro atoms. The normalized spacial score (nSPS) is 14.6. The molecule has 0 aliphatic rings. The molecule has 4 N–H and O–H groups in total. The predicted octanol–water partition coefficient (Wildman–Crippen LogP) is 27.9. The van der Waals surface area contributed by atoms with Gasteiger partial charge in [-0.15, -0.1) is 0 Å². The maximum atomic E-state index is 13.0. The Morgan fingerprint density at radius 1 is 0.252 bits per heavy atom.